The average Bonchev–Trinajstić information content (AvgIpc) is 2.64. The number of nitrogens with one attached hydrogen (secondary N) is 1. The van der Waals surface area contributed by atoms with Gasteiger partial charge in [0, 0.05) is 18.5 Å². The Balaban J connectivity index is 2.37. The molecule has 1 aliphatic heterocycles. The lowest BCUT2D eigenvalue weighted by atomic mass is 9.97. The fourth-order valence-corrected chi connectivity index (χ4v) is 2.13. The van der Waals surface area contributed by atoms with Gasteiger partial charge in [-0.15, -0.1) is 0 Å². The second kappa shape index (κ2) is 3.97. The van der Waals surface area contributed by atoms with Crippen molar-refractivity contribution in [3.63, 3.8) is 0 Å². The van der Waals surface area contributed by atoms with Crippen molar-refractivity contribution in [2.45, 2.75) is 12.3 Å². The van der Waals surface area contributed by atoms with Crippen LogP contribution in [0.25, 0.3) is 0 Å². The molecule has 0 spiro atoms. The average molecular weight is 232 g/mol. The Morgan fingerprint density at radius 2 is 2.00 bits per heavy atom. The Morgan fingerprint density at radius 3 is 2.64 bits per heavy atom. The monoisotopic (exact) mass is 231 g/mol. The van der Waals surface area contributed by atoms with Crippen LogP contribution < -0.4 is 5.32 Å². The maximum atomic E-state index is 9.71. The highest BCUT2D eigenvalue weighted by Crippen LogP contribution is 2.36. The third-order valence-corrected chi connectivity index (χ3v) is 3.29. The van der Waals surface area contributed by atoms with Crippen molar-refractivity contribution in [3.05, 3.63) is 27.7 Å². The van der Waals surface area contributed by atoms with Gasteiger partial charge in [0.2, 0.25) is 0 Å². The zero-order valence-corrected chi connectivity index (χ0v) is 9.07. The summed E-state index contributed by atoms with van der Waals surface area (Å²) in [5, 5.41) is 13.9. The molecule has 2 nitrogen and oxygen atoms in total. The lowest BCUT2D eigenvalue weighted by molar-refractivity contribution is 0.463. The van der Waals surface area contributed by atoms with Crippen LogP contribution in [0.4, 0.5) is 0 Å². The van der Waals surface area contributed by atoms with E-state index in [1.807, 2.05) is 0 Å². The number of halogens is 2. The highest BCUT2D eigenvalue weighted by Gasteiger charge is 2.20. The predicted molar refractivity (Wildman–Crippen MR) is 58.4 cm³/mol. The third-order valence-electron chi connectivity index (χ3n) is 2.57. The third kappa shape index (κ3) is 1.83. The molecule has 1 saturated heterocycles. The smallest absolute Gasteiger partial charge is 0.120 e. The van der Waals surface area contributed by atoms with E-state index in [2.05, 4.69) is 5.32 Å². The van der Waals surface area contributed by atoms with Gasteiger partial charge < -0.3 is 10.4 Å². The normalized spacial score (nSPS) is 21.4. The van der Waals surface area contributed by atoms with Gasteiger partial charge in [0.1, 0.15) is 5.75 Å². The molecule has 2 N–H and O–H groups in total. The summed E-state index contributed by atoms with van der Waals surface area (Å²) in [4.78, 5) is 0. The molecule has 1 aromatic rings. The van der Waals surface area contributed by atoms with Crippen LogP contribution in [0, 0.1) is 0 Å². The van der Waals surface area contributed by atoms with E-state index in [1.54, 1.807) is 6.07 Å². The molecule has 76 valence electrons. The van der Waals surface area contributed by atoms with Gasteiger partial charge in [-0.2, -0.15) is 0 Å². The molecule has 1 atom stereocenters. The Hall–Kier alpha value is -0.440. The molecule has 0 amide bonds. The quantitative estimate of drug-likeness (QED) is 0.780. The summed E-state index contributed by atoms with van der Waals surface area (Å²) in [6, 6.07) is 3.27. The number of aromatic hydroxyl groups is 1. The standard InChI is InChI=1S/C10H11Cl2NO/c11-8-3-7(6-1-2-13-5-6)10(14)4-9(8)12/h3-4,6,13-14H,1-2,5H2. The van der Waals surface area contributed by atoms with Crippen LogP contribution in [-0.2, 0) is 0 Å². The van der Waals surface area contributed by atoms with Crippen LogP contribution in [0.15, 0.2) is 12.1 Å². The molecule has 1 fully saturated rings. The van der Waals surface area contributed by atoms with Gasteiger partial charge in [0.05, 0.1) is 10.0 Å². The lowest BCUT2D eigenvalue weighted by Crippen LogP contribution is -2.08. The Labute approximate surface area is 92.8 Å². The van der Waals surface area contributed by atoms with Crippen LogP contribution in [0.1, 0.15) is 17.9 Å². The predicted octanol–water partition coefficient (Wildman–Crippen LogP) is 2.78. The number of benzene rings is 1. The largest absolute Gasteiger partial charge is 0.508 e. The molecule has 1 heterocycles. The van der Waals surface area contributed by atoms with E-state index in [9.17, 15) is 5.11 Å². The Bertz CT molecular complexity index is 348. The second-order valence-corrected chi connectivity index (χ2v) is 4.33. The van der Waals surface area contributed by atoms with E-state index in [-0.39, 0.29) is 5.75 Å². The minimum Gasteiger partial charge on any atom is -0.508 e. The lowest BCUT2D eigenvalue weighted by Gasteiger charge is -2.12. The van der Waals surface area contributed by atoms with Crippen molar-refractivity contribution in [1.29, 1.82) is 0 Å². The molecular formula is C10H11Cl2NO. The molecule has 1 unspecified atom stereocenters. The maximum Gasteiger partial charge on any atom is 0.120 e. The van der Waals surface area contributed by atoms with Crippen LogP contribution in [-0.4, -0.2) is 18.2 Å². The van der Waals surface area contributed by atoms with E-state index in [4.69, 9.17) is 23.2 Å². The van der Waals surface area contributed by atoms with Crippen molar-refractivity contribution < 1.29 is 5.11 Å². The SMILES string of the molecule is Oc1cc(Cl)c(Cl)cc1C1CCNC1. The summed E-state index contributed by atoms with van der Waals surface area (Å²) in [6.45, 7) is 1.88. The molecular weight excluding hydrogens is 221 g/mol. The zero-order valence-electron chi connectivity index (χ0n) is 7.56. The van der Waals surface area contributed by atoms with E-state index < -0.39 is 0 Å². The van der Waals surface area contributed by atoms with Gasteiger partial charge in [-0.1, -0.05) is 23.2 Å². The molecule has 0 bridgehead atoms. The Morgan fingerprint density at radius 1 is 1.29 bits per heavy atom. The Kier molecular flexibility index (Phi) is 2.86. The van der Waals surface area contributed by atoms with E-state index in [0.717, 1.165) is 25.1 Å². The summed E-state index contributed by atoms with van der Waals surface area (Å²) in [5.74, 6) is 0.595. The fraction of sp³-hybridized carbons (Fsp3) is 0.400. The molecule has 1 aromatic carbocycles. The first kappa shape index (κ1) is 10.1. The van der Waals surface area contributed by atoms with Gasteiger partial charge in [0.15, 0.2) is 0 Å². The summed E-state index contributed by atoms with van der Waals surface area (Å²) in [6.07, 6.45) is 1.03. The molecule has 14 heavy (non-hydrogen) atoms. The van der Waals surface area contributed by atoms with Crippen LogP contribution in [0.5, 0.6) is 5.75 Å². The van der Waals surface area contributed by atoms with Gasteiger partial charge in [-0.25, -0.2) is 0 Å². The fourth-order valence-electron chi connectivity index (χ4n) is 1.80. The van der Waals surface area contributed by atoms with E-state index in [1.165, 1.54) is 6.07 Å². The molecule has 0 aromatic heterocycles. The minimum absolute atomic E-state index is 0.244. The first-order valence-corrected chi connectivity index (χ1v) is 5.32. The van der Waals surface area contributed by atoms with Gasteiger partial charge in [-0.05, 0) is 24.6 Å². The molecule has 1 aliphatic rings. The van der Waals surface area contributed by atoms with Crippen molar-refractivity contribution in [1.82, 2.24) is 5.32 Å². The van der Waals surface area contributed by atoms with Crippen molar-refractivity contribution >= 4 is 23.2 Å². The van der Waals surface area contributed by atoms with Crippen LogP contribution in [0.3, 0.4) is 0 Å². The van der Waals surface area contributed by atoms with Crippen molar-refractivity contribution in [2.75, 3.05) is 13.1 Å². The topological polar surface area (TPSA) is 32.3 Å². The van der Waals surface area contributed by atoms with Gasteiger partial charge in [0.25, 0.3) is 0 Å². The molecule has 2 rings (SSSR count). The van der Waals surface area contributed by atoms with Crippen molar-refractivity contribution in [2.24, 2.45) is 0 Å². The number of hydrogen-bond donors (Lipinski definition) is 2. The highest BCUT2D eigenvalue weighted by molar-refractivity contribution is 6.42. The highest BCUT2D eigenvalue weighted by atomic mass is 35.5. The van der Waals surface area contributed by atoms with Gasteiger partial charge >= 0.3 is 0 Å². The number of phenols is 1. The van der Waals surface area contributed by atoms with Crippen LogP contribution in [0.2, 0.25) is 10.0 Å². The second-order valence-electron chi connectivity index (χ2n) is 3.51. The number of hydrogen-bond acceptors (Lipinski definition) is 2. The van der Waals surface area contributed by atoms with Crippen molar-refractivity contribution in [3.8, 4) is 5.75 Å². The first-order valence-electron chi connectivity index (χ1n) is 4.57. The summed E-state index contributed by atoms with van der Waals surface area (Å²) < 4.78 is 0. The minimum atomic E-state index is 0.244. The number of phenolic OH excluding ortho intramolecular Hbond substituents is 1. The maximum absolute atomic E-state index is 9.71. The number of rotatable bonds is 1. The summed E-state index contributed by atoms with van der Waals surface area (Å²) >= 11 is 11.7. The van der Waals surface area contributed by atoms with E-state index >= 15 is 0 Å². The van der Waals surface area contributed by atoms with Crippen LogP contribution >= 0.6 is 23.2 Å². The molecule has 4 heteroatoms. The molecule has 0 aliphatic carbocycles. The first-order chi connectivity index (χ1) is 6.68. The summed E-state index contributed by atoms with van der Waals surface area (Å²) in [5.41, 5.74) is 0.893. The molecule has 0 radical (unpaired) electrons. The summed E-state index contributed by atoms with van der Waals surface area (Å²) in [7, 11) is 0. The zero-order chi connectivity index (χ0) is 10.1. The molecule has 0 saturated carbocycles. The van der Waals surface area contributed by atoms with E-state index in [0.29, 0.717) is 16.0 Å². The van der Waals surface area contributed by atoms with Gasteiger partial charge in [-0.3, -0.25) is 0 Å².